The smallest absolute Gasteiger partial charge is 0.237 e. The zero-order valence-electron chi connectivity index (χ0n) is 7.10. The quantitative estimate of drug-likeness (QED) is 0.568. The molecule has 1 atom stereocenters. The first-order chi connectivity index (χ1) is 5.07. The van der Waals surface area contributed by atoms with Crippen molar-refractivity contribution in [2.24, 2.45) is 0 Å². The number of carbonyl (C=O) groups is 2. The number of Topliss-reactive ketones (excluding diaryl/α,β-unsaturated/α-hetero) is 1. The van der Waals surface area contributed by atoms with Gasteiger partial charge < -0.3 is 10.6 Å². The molecule has 0 spiro atoms. The number of carbonyl (C=O) groups excluding carboxylic acids is 2. The summed E-state index contributed by atoms with van der Waals surface area (Å²) in [6, 6.07) is -0.241. The number of hydrogen-bond donors (Lipinski definition) is 2. The standard InChI is InChI=1S/C7H14N2O2/c1-5(10)4-9-7(11)6(2)8-3/h6,8H,4H2,1-3H3,(H,9,11). The molecule has 0 fully saturated rings. The molecule has 0 aromatic carbocycles. The molecule has 0 aromatic rings. The number of nitrogens with one attached hydrogen (secondary N) is 2. The van der Waals surface area contributed by atoms with E-state index >= 15 is 0 Å². The number of likely N-dealkylation sites (N-methyl/N-ethyl adjacent to an activating group) is 1. The van der Waals surface area contributed by atoms with Gasteiger partial charge in [-0.1, -0.05) is 0 Å². The molecular formula is C7H14N2O2. The lowest BCUT2D eigenvalue weighted by molar-refractivity contribution is -0.125. The molecule has 1 amide bonds. The highest BCUT2D eigenvalue weighted by atomic mass is 16.2. The Morgan fingerprint density at radius 1 is 1.45 bits per heavy atom. The number of hydrogen-bond acceptors (Lipinski definition) is 3. The van der Waals surface area contributed by atoms with Crippen LogP contribution in [-0.4, -0.2) is 31.3 Å². The van der Waals surface area contributed by atoms with Gasteiger partial charge in [-0.2, -0.15) is 0 Å². The van der Waals surface area contributed by atoms with E-state index in [0.717, 1.165) is 0 Å². The Morgan fingerprint density at radius 2 is 2.00 bits per heavy atom. The van der Waals surface area contributed by atoms with Gasteiger partial charge in [-0.05, 0) is 20.9 Å². The van der Waals surface area contributed by atoms with E-state index in [1.807, 2.05) is 0 Å². The van der Waals surface area contributed by atoms with Gasteiger partial charge in [0.1, 0.15) is 5.78 Å². The predicted molar refractivity (Wildman–Crippen MR) is 42.2 cm³/mol. The van der Waals surface area contributed by atoms with Crippen molar-refractivity contribution in [1.29, 1.82) is 0 Å². The van der Waals surface area contributed by atoms with Gasteiger partial charge in [0.2, 0.25) is 5.91 Å². The summed E-state index contributed by atoms with van der Waals surface area (Å²) in [6.07, 6.45) is 0. The van der Waals surface area contributed by atoms with Gasteiger partial charge in [0.05, 0.1) is 12.6 Å². The molecule has 1 unspecified atom stereocenters. The molecular weight excluding hydrogens is 144 g/mol. The fourth-order valence-corrected chi connectivity index (χ4v) is 0.496. The number of amides is 1. The van der Waals surface area contributed by atoms with Crippen molar-refractivity contribution in [3.8, 4) is 0 Å². The van der Waals surface area contributed by atoms with Crippen LogP contribution in [0.2, 0.25) is 0 Å². The van der Waals surface area contributed by atoms with Crippen molar-refractivity contribution in [3.63, 3.8) is 0 Å². The Bertz CT molecular complexity index is 157. The average Bonchev–Trinajstić information content (AvgIpc) is 1.98. The fourth-order valence-electron chi connectivity index (χ4n) is 0.496. The van der Waals surface area contributed by atoms with E-state index < -0.39 is 0 Å². The van der Waals surface area contributed by atoms with E-state index in [-0.39, 0.29) is 24.3 Å². The maximum Gasteiger partial charge on any atom is 0.237 e. The van der Waals surface area contributed by atoms with Gasteiger partial charge in [-0.3, -0.25) is 9.59 Å². The lowest BCUT2D eigenvalue weighted by Crippen LogP contribution is -2.41. The van der Waals surface area contributed by atoms with Crippen molar-refractivity contribution in [1.82, 2.24) is 10.6 Å². The molecule has 11 heavy (non-hydrogen) atoms. The van der Waals surface area contributed by atoms with Crippen LogP contribution in [0.3, 0.4) is 0 Å². The molecule has 4 heteroatoms. The van der Waals surface area contributed by atoms with Crippen molar-refractivity contribution < 1.29 is 9.59 Å². The van der Waals surface area contributed by atoms with E-state index in [2.05, 4.69) is 10.6 Å². The van der Waals surface area contributed by atoms with Crippen LogP contribution in [0.5, 0.6) is 0 Å². The Labute approximate surface area is 66.4 Å². The lowest BCUT2D eigenvalue weighted by Gasteiger charge is -2.08. The van der Waals surface area contributed by atoms with Crippen LogP contribution < -0.4 is 10.6 Å². The summed E-state index contributed by atoms with van der Waals surface area (Å²) in [6.45, 7) is 3.28. The largest absolute Gasteiger partial charge is 0.348 e. The minimum atomic E-state index is -0.241. The molecule has 0 heterocycles. The van der Waals surface area contributed by atoms with Crippen LogP contribution in [0.15, 0.2) is 0 Å². The molecule has 0 bridgehead atoms. The Hall–Kier alpha value is -0.900. The van der Waals surface area contributed by atoms with Crippen LogP contribution in [-0.2, 0) is 9.59 Å². The van der Waals surface area contributed by atoms with Gasteiger partial charge in [-0.25, -0.2) is 0 Å². The highest BCUT2D eigenvalue weighted by Gasteiger charge is 2.08. The van der Waals surface area contributed by atoms with Gasteiger partial charge in [0.25, 0.3) is 0 Å². The molecule has 0 aromatic heterocycles. The summed E-state index contributed by atoms with van der Waals surface area (Å²) in [5, 5.41) is 5.25. The molecule has 0 aliphatic rings. The summed E-state index contributed by atoms with van der Waals surface area (Å²) >= 11 is 0. The SMILES string of the molecule is CNC(C)C(=O)NCC(C)=O. The van der Waals surface area contributed by atoms with E-state index in [1.165, 1.54) is 6.92 Å². The van der Waals surface area contributed by atoms with E-state index in [1.54, 1.807) is 14.0 Å². The van der Waals surface area contributed by atoms with Crippen LogP contribution in [0.25, 0.3) is 0 Å². The third-order valence-electron chi connectivity index (χ3n) is 1.34. The maximum atomic E-state index is 11.0. The Kier molecular flexibility index (Phi) is 4.45. The van der Waals surface area contributed by atoms with Crippen molar-refractivity contribution in [2.45, 2.75) is 19.9 Å². The van der Waals surface area contributed by atoms with Crippen LogP contribution in [0.4, 0.5) is 0 Å². The zero-order valence-corrected chi connectivity index (χ0v) is 7.10. The van der Waals surface area contributed by atoms with Crippen molar-refractivity contribution >= 4 is 11.7 Å². The third-order valence-corrected chi connectivity index (χ3v) is 1.34. The molecule has 4 nitrogen and oxygen atoms in total. The maximum absolute atomic E-state index is 11.0. The first-order valence-corrected chi connectivity index (χ1v) is 3.52. The zero-order chi connectivity index (χ0) is 8.85. The summed E-state index contributed by atoms with van der Waals surface area (Å²) < 4.78 is 0. The predicted octanol–water partition coefficient (Wildman–Crippen LogP) is -0.701. The molecule has 0 aliphatic carbocycles. The molecule has 0 rings (SSSR count). The second-order valence-corrected chi connectivity index (χ2v) is 2.43. The highest BCUT2D eigenvalue weighted by molar-refractivity contribution is 5.86. The lowest BCUT2D eigenvalue weighted by atomic mass is 10.3. The van der Waals surface area contributed by atoms with Crippen LogP contribution in [0.1, 0.15) is 13.8 Å². The topological polar surface area (TPSA) is 58.2 Å². The van der Waals surface area contributed by atoms with Crippen molar-refractivity contribution in [2.75, 3.05) is 13.6 Å². The third kappa shape index (κ3) is 4.50. The summed E-state index contributed by atoms with van der Waals surface area (Å²) in [4.78, 5) is 21.4. The average molecular weight is 158 g/mol. The van der Waals surface area contributed by atoms with E-state index in [4.69, 9.17) is 0 Å². The minimum Gasteiger partial charge on any atom is -0.348 e. The molecule has 0 radical (unpaired) electrons. The minimum absolute atomic E-state index is 0.0401. The number of ketones is 1. The first-order valence-electron chi connectivity index (χ1n) is 3.52. The molecule has 0 saturated heterocycles. The second kappa shape index (κ2) is 4.85. The van der Waals surface area contributed by atoms with E-state index in [0.29, 0.717) is 0 Å². The number of rotatable bonds is 4. The van der Waals surface area contributed by atoms with Crippen LogP contribution in [0, 0.1) is 0 Å². The van der Waals surface area contributed by atoms with Crippen LogP contribution >= 0.6 is 0 Å². The van der Waals surface area contributed by atoms with Crippen molar-refractivity contribution in [3.05, 3.63) is 0 Å². The van der Waals surface area contributed by atoms with E-state index in [9.17, 15) is 9.59 Å². The summed E-state index contributed by atoms with van der Waals surface area (Å²) in [5.41, 5.74) is 0. The first kappa shape index (κ1) is 10.1. The molecule has 64 valence electrons. The van der Waals surface area contributed by atoms with Gasteiger partial charge in [0, 0.05) is 0 Å². The highest BCUT2D eigenvalue weighted by Crippen LogP contribution is 1.78. The Balaban J connectivity index is 3.60. The molecule has 0 aliphatic heterocycles. The normalized spacial score (nSPS) is 12.3. The summed E-state index contributed by atoms with van der Waals surface area (Å²) in [5.74, 6) is -0.190. The molecule has 2 N–H and O–H groups in total. The van der Waals surface area contributed by atoms with Gasteiger partial charge in [-0.15, -0.1) is 0 Å². The fraction of sp³-hybridized carbons (Fsp3) is 0.714. The molecule has 0 saturated carbocycles. The summed E-state index contributed by atoms with van der Waals surface area (Å²) in [7, 11) is 1.69. The second-order valence-electron chi connectivity index (χ2n) is 2.43. The monoisotopic (exact) mass is 158 g/mol. The Morgan fingerprint density at radius 3 is 2.36 bits per heavy atom. The van der Waals surface area contributed by atoms with Gasteiger partial charge >= 0.3 is 0 Å². The van der Waals surface area contributed by atoms with Gasteiger partial charge in [0.15, 0.2) is 0 Å².